The molecule has 4 fully saturated rings. The second kappa shape index (κ2) is 36.8. The van der Waals surface area contributed by atoms with Crippen LogP contribution in [0.25, 0.3) is 0 Å². The van der Waals surface area contributed by atoms with E-state index in [0.717, 1.165) is 105 Å². The number of aromatic nitrogens is 4. The number of piperidine rings is 2. The molecule has 21 heteroatoms. The molecule has 0 radical (unpaired) electrons. The van der Waals surface area contributed by atoms with Crippen molar-refractivity contribution >= 4 is 11.6 Å². The number of aliphatic hydroxyl groups excluding tert-OH is 1. The molecule has 4 saturated heterocycles. The molecule has 0 saturated carbocycles. The summed E-state index contributed by atoms with van der Waals surface area (Å²) in [5.41, 5.74) is 6.14. The highest BCUT2D eigenvalue weighted by Crippen LogP contribution is 2.28. The SMILES string of the molecule is COc1ccccc1Cn1ccc(CN2CCC(Cc3ccccc3)CC2)c(O)c1=O.COc1ccccc1Cn1ccc(CN2CCC(O)C2)c(O)c1=O.COc1ccccc1Cn1ccc(CN2CCCC2)c(O)c1=O.O=c1c(O)c(CN2CCCCC2)ccn1Cc1ccccc1Cl. The van der Waals surface area contributed by atoms with Gasteiger partial charge in [0.25, 0.3) is 22.2 Å². The lowest BCUT2D eigenvalue weighted by atomic mass is 9.90. The largest absolute Gasteiger partial charge is 0.503 e. The Hall–Kier alpha value is -9.41. The zero-order valence-corrected chi connectivity index (χ0v) is 58.9. The first-order chi connectivity index (χ1) is 49.0. The molecular formula is C80H95ClN8O12. The number of aromatic hydroxyl groups is 4. The van der Waals surface area contributed by atoms with E-state index in [1.807, 2.05) is 114 Å². The smallest absolute Gasteiger partial charge is 0.293 e. The number of methoxy groups -OCH3 is 3. The van der Waals surface area contributed by atoms with Crippen LogP contribution in [0, 0.1) is 5.92 Å². The van der Waals surface area contributed by atoms with Crippen LogP contribution >= 0.6 is 11.6 Å². The summed E-state index contributed by atoms with van der Waals surface area (Å²) < 4.78 is 22.0. The van der Waals surface area contributed by atoms with Gasteiger partial charge in [-0.15, -0.1) is 0 Å². The molecule has 5 N–H and O–H groups in total. The Morgan fingerprint density at radius 1 is 0.356 bits per heavy atom. The molecule has 13 rings (SSSR count). The van der Waals surface area contributed by atoms with Gasteiger partial charge in [0.2, 0.25) is 0 Å². The number of halogens is 1. The van der Waals surface area contributed by atoms with Gasteiger partial charge in [0.15, 0.2) is 23.0 Å². The topological polar surface area (TPSA) is 230 Å². The third kappa shape index (κ3) is 20.4. The number of hydrogen-bond acceptors (Lipinski definition) is 16. The highest BCUT2D eigenvalue weighted by Gasteiger charge is 2.25. The summed E-state index contributed by atoms with van der Waals surface area (Å²) in [6.45, 7) is 11.2. The van der Waals surface area contributed by atoms with E-state index >= 15 is 0 Å². The Bertz CT molecular complexity index is 4410. The summed E-state index contributed by atoms with van der Waals surface area (Å²) in [5, 5.41) is 51.5. The monoisotopic (exact) mass is 1390 g/mol. The van der Waals surface area contributed by atoms with Gasteiger partial charge in [-0.3, -0.25) is 38.8 Å². The van der Waals surface area contributed by atoms with Gasteiger partial charge in [-0.1, -0.05) is 121 Å². The quantitative estimate of drug-likeness (QED) is 0.0450. The molecular weight excluding hydrogens is 1300 g/mol. The molecule has 0 bridgehead atoms. The molecule has 8 heterocycles. The molecule has 4 aromatic heterocycles. The third-order valence-corrected chi connectivity index (χ3v) is 19.7. The third-order valence-electron chi connectivity index (χ3n) is 19.3. The summed E-state index contributed by atoms with van der Waals surface area (Å²) >= 11 is 6.14. The minimum atomic E-state index is -0.418. The van der Waals surface area contributed by atoms with Crippen molar-refractivity contribution in [2.75, 3.05) is 73.7 Å². The minimum Gasteiger partial charge on any atom is -0.503 e. The van der Waals surface area contributed by atoms with Crippen LogP contribution in [0.3, 0.4) is 0 Å². The molecule has 101 heavy (non-hydrogen) atoms. The molecule has 4 aliphatic heterocycles. The molecule has 0 amide bonds. The number of nitrogens with zero attached hydrogens (tertiary/aromatic N) is 8. The van der Waals surface area contributed by atoms with Crippen LogP contribution in [-0.4, -0.2) is 143 Å². The Balaban J connectivity index is 0.000000146. The lowest BCUT2D eigenvalue weighted by molar-refractivity contribution is 0.174. The average Bonchev–Trinajstić information content (AvgIpc) is 1.19. The molecule has 20 nitrogen and oxygen atoms in total. The maximum Gasteiger partial charge on any atom is 0.293 e. The highest BCUT2D eigenvalue weighted by atomic mass is 35.5. The standard InChI is InChI=1S/C26H30N2O3.C18H21ClN2O2.C18H22N2O4.C18H22N2O3/c1-31-24-10-6-5-9-22(24)19-28-16-13-23(25(29)26(28)30)18-27-14-11-21(12-15-27)17-20-7-3-2-4-8-20;19-16-7-3-2-6-14(16)13-21-11-8-15(17(22)18(21)23)12-20-9-4-1-5-10-20;1-24-16-5-3-2-4-13(16)11-20-9-6-14(17(22)18(20)23)10-19-8-7-15(21)12-19;1-23-16-7-3-2-6-14(16)13-20-11-8-15(17(21)18(20)22)12-19-9-4-5-10-19/h2-10,13,16,21,29H,11-12,14-15,17-19H2,1H3;2-3,6-8,11,22H,1,4-5,9-10,12-13H2;2-6,9,15,21-22H,7-8,10-12H2,1H3;2-3,6-8,11,21H,4-5,9-10,12-13H2,1H3. The van der Waals surface area contributed by atoms with E-state index < -0.39 is 5.56 Å². The number of para-hydroxylation sites is 3. The van der Waals surface area contributed by atoms with Crippen molar-refractivity contribution in [1.29, 1.82) is 0 Å². The Labute approximate surface area is 595 Å². The van der Waals surface area contributed by atoms with Crippen molar-refractivity contribution in [3.8, 4) is 40.2 Å². The van der Waals surface area contributed by atoms with Crippen molar-refractivity contribution in [2.45, 2.75) is 116 Å². The van der Waals surface area contributed by atoms with E-state index in [1.54, 1.807) is 58.2 Å². The lowest BCUT2D eigenvalue weighted by Gasteiger charge is -2.32. The van der Waals surface area contributed by atoms with E-state index in [9.17, 15) is 44.7 Å². The second-order valence-corrected chi connectivity index (χ2v) is 26.8. The van der Waals surface area contributed by atoms with Crippen molar-refractivity contribution in [3.63, 3.8) is 0 Å². The van der Waals surface area contributed by atoms with Gasteiger partial charge in [-0.25, -0.2) is 0 Å². The zero-order chi connectivity index (χ0) is 71.2. The van der Waals surface area contributed by atoms with Crippen LogP contribution in [0.2, 0.25) is 5.02 Å². The number of ether oxygens (including phenoxy) is 3. The van der Waals surface area contributed by atoms with Crippen molar-refractivity contribution in [1.82, 2.24) is 37.9 Å². The van der Waals surface area contributed by atoms with Gasteiger partial charge in [0, 0.05) is 108 Å². The highest BCUT2D eigenvalue weighted by molar-refractivity contribution is 6.31. The summed E-state index contributed by atoms with van der Waals surface area (Å²) in [6.07, 6.45) is 16.8. The van der Waals surface area contributed by atoms with Gasteiger partial charge >= 0.3 is 0 Å². The van der Waals surface area contributed by atoms with Crippen LogP contribution in [0.1, 0.15) is 101 Å². The predicted molar refractivity (Wildman–Crippen MR) is 394 cm³/mol. The molecule has 4 aliphatic rings. The van der Waals surface area contributed by atoms with Crippen molar-refractivity contribution in [3.05, 3.63) is 273 Å². The van der Waals surface area contributed by atoms with E-state index in [4.69, 9.17) is 25.8 Å². The predicted octanol–water partition coefficient (Wildman–Crippen LogP) is 10.7. The number of rotatable bonds is 21. The fraction of sp³-hybridized carbons (Fsp3) is 0.375. The van der Waals surface area contributed by atoms with E-state index in [0.29, 0.717) is 97.8 Å². The zero-order valence-electron chi connectivity index (χ0n) is 58.1. The Morgan fingerprint density at radius 2 is 0.673 bits per heavy atom. The lowest BCUT2D eigenvalue weighted by Crippen LogP contribution is -2.34. The first-order valence-electron chi connectivity index (χ1n) is 34.9. The Kier molecular flexibility index (Phi) is 27.1. The number of β-amino-alcohol motifs (C(OH)–C–C–N with tert-alkyl or cyclic N) is 1. The van der Waals surface area contributed by atoms with E-state index in [2.05, 4.69) is 45.0 Å². The summed E-state index contributed by atoms with van der Waals surface area (Å²) in [4.78, 5) is 58.9. The molecule has 0 aliphatic carbocycles. The molecule has 1 atom stereocenters. The first kappa shape index (κ1) is 74.3. The normalized spacial score (nSPS) is 15.9. The number of benzene rings is 5. The van der Waals surface area contributed by atoms with Gasteiger partial charge < -0.3 is 58.0 Å². The fourth-order valence-corrected chi connectivity index (χ4v) is 13.7. The van der Waals surface area contributed by atoms with Gasteiger partial charge in [0.1, 0.15) is 17.2 Å². The summed E-state index contributed by atoms with van der Waals surface area (Å²) in [6, 6.07) is 48.1. The van der Waals surface area contributed by atoms with Gasteiger partial charge in [-0.05, 0) is 156 Å². The maximum absolute atomic E-state index is 12.7. The average molecular weight is 1400 g/mol. The van der Waals surface area contributed by atoms with E-state index in [-0.39, 0.29) is 45.8 Å². The summed E-state index contributed by atoms with van der Waals surface area (Å²) in [7, 11) is 4.82. The molecule has 9 aromatic rings. The molecule has 534 valence electrons. The summed E-state index contributed by atoms with van der Waals surface area (Å²) in [5.74, 6) is 2.20. The minimum absolute atomic E-state index is 0.144. The van der Waals surface area contributed by atoms with Crippen molar-refractivity contribution < 1.29 is 39.7 Å². The molecule has 5 aromatic carbocycles. The van der Waals surface area contributed by atoms with E-state index in [1.165, 1.54) is 55.9 Å². The van der Waals surface area contributed by atoms with Gasteiger partial charge in [0.05, 0.1) is 53.6 Å². The van der Waals surface area contributed by atoms with Crippen molar-refractivity contribution in [2.24, 2.45) is 5.92 Å². The molecule has 0 spiro atoms. The fourth-order valence-electron chi connectivity index (χ4n) is 13.5. The van der Waals surface area contributed by atoms with Crippen LogP contribution in [-0.2, 0) is 58.8 Å². The van der Waals surface area contributed by atoms with Crippen LogP contribution < -0.4 is 36.4 Å². The van der Waals surface area contributed by atoms with Crippen LogP contribution in [0.15, 0.2) is 196 Å². The van der Waals surface area contributed by atoms with Gasteiger partial charge in [-0.2, -0.15) is 0 Å². The Morgan fingerprint density at radius 3 is 1.04 bits per heavy atom. The molecule has 1 unspecified atom stereocenters. The van der Waals surface area contributed by atoms with Crippen LogP contribution in [0.5, 0.6) is 40.2 Å². The maximum atomic E-state index is 12.7. The number of aliphatic hydroxyl groups is 1. The number of likely N-dealkylation sites (tertiary alicyclic amines) is 4. The number of pyridine rings is 4. The number of hydrogen-bond donors (Lipinski definition) is 5. The van der Waals surface area contributed by atoms with Crippen LogP contribution in [0.4, 0.5) is 0 Å². The first-order valence-corrected chi connectivity index (χ1v) is 35.3. The second-order valence-electron chi connectivity index (χ2n) is 26.4.